The third kappa shape index (κ3) is 1.78. The van der Waals surface area contributed by atoms with Crippen LogP contribution in [0.15, 0.2) is 60.7 Å². The van der Waals surface area contributed by atoms with Crippen molar-refractivity contribution in [1.29, 1.82) is 0 Å². The van der Waals surface area contributed by atoms with Gasteiger partial charge in [0.1, 0.15) is 0 Å². The fraction of sp³-hybridized carbons (Fsp3) is 0.100. The Kier molecular flexibility index (Phi) is 2.61. The Morgan fingerprint density at radius 3 is 2.29 bits per heavy atom. The second-order valence-electron chi connectivity index (χ2n) is 5.67. The van der Waals surface area contributed by atoms with Crippen LogP contribution in [0.2, 0.25) is 0 Å². The first-order chi connectivity index (χ1) is 10.3. The van der Waals surface area contributed by atoms with Crippen LogP contribution in [0.1, 0.15) is 11.1 Å². The molecule has 4 rings (SSSR count). The smallest absolute Gasteiger partial charge is 0.0547 e. The summed E-state index contributed by atoms with van der Waals surface area (Å²) in [6, 6.07) is 21.6. The highest BCUT2D eigenvalue weighted by Crippen LogP contribution is 2.36. The lowest BCUT2D eigenvalue weighted by atomic mass is 9.94. The molecule has 0 saturated carbocycles. The van der Waals surface area contributed by atoms with E-state index in [1.807, 2.05) is 0 Å². The zero-order valence-electron chi connectivity index (χ0n) is 12.3. The first kappa shape index (κ1) is 12.2. The average Bonchev–Trinajstić information content (AvgIpc) is 2.87. The van der Waals surface area contributed by atoms with Crippen LogP contribution in [0.3, 0.4) is 0 Å². The maximum absolute atomic E-state index is 3.61. The minimum atomic E-state index is 1.20. The normalized spacial score (nSPS) is 11.3. The van der Waals surface area contributed by atoms with Gasteiger partial charge in [-0.2, -0.15) is 0 Å². The SMILES string of the molecule is Cc1ccccc1-c1c(C)ccc2c1[nH]c1ccccc12. The molecule has 0 aliphatic heterocycles. The van der Waals surface area contributed by atoms with E-state index in [2.05, 4.69) is 79.5 Å². The van der Waals surface area contributed by atoms with Crippen molar-refractivity contribution in [3.63, 3.8) is 0 Å². The molecule has 1 heteroatoms. The average molecular weight is 271 g/mol. The zero-order chi connectivity index (χ0) is 14.4. The highest BCUT2D eigenvalue weighted by atomic mass is 14.7. The monoisotopic (exact) mass is 271 g/mol. The zero-order valence-corrected chi connectivity index (χ0v) is 12.3. The number of fused-ring (bicyclic) bond motifs is 3. The van der Waals surface area contributed by atoms with Crippen molar-refractivity contribution in [2.45, 2.75) is 13.8 Å². The van der Waals surface area contributed by atoms with E-state index >= 15 is 0 Å². The molecule has 1 heterocycles. The summed E-state index contributed by atoms with van der Waals surface area (Å²) in [7, 11) is 0. The number of para-hydroxylation sites is 1. The number of hydrogen-bond donors (Lipinski definition) is 1. The predicted octanol–water partition coefficient (Wildman–Crippen LogP) is 5.60. The van der Waals surface area contributed by atoms with E-state index in [-0.39, 0.29) is 0 Å². The first-order valence-corrected chi connectivity index (χ1v) is 7.32. The Morgan fingerprint density at radius 2 is 1.43 bits per heavy atom. The minimum absolute atomic E-state index is 1.20. The van der Waals surface area contributed by atoms with Crippen molar-refractivity contribution >= 4 is 21.8 Å². The molecule has 0 spiro atoms. The molecule has 21 heavy (non-hydrogen) atoms. The summed E-state index contributed by atoms with van der Waals surface area (Å²) in [6.45, 7) is 4.36. The fourth-order valence-corrected chi connectivity index (χ4v) is 3.22. The maximum Gasteiger partial charge on any atom is 0.0547 e. The fourth-order valence-electron chi connectivity index (χ4n) is 3.22. The summed E-state index contributed by atoms with van der Waals surface area (Å²) in [4.78, 5) is 3.61. The van der Waals surface area contributed by atoms with Crippen LogP contribution in [0.4, 0.5) is 0 Å². The van der Waals surface area contributed by atoms with Crippen LogP contribution in [-0.2, 0) is 0 Å². The predicted molar refractivity (Wildman–Crippen MR) is 90.7 cm³/mol. The largest absolute Gasteiger partial charge is 0.354 e. The summed E-state index contributed by atoms with van der Waals surface area (Å²) >= 11 is 0. The van der Waals surface area contributed by atoms with Crippen molar-refractivity contribution < 1.29 is 0 Å². The van der Waals surface area contributed by atoms with Crippen LogP contribution in [0.5, 0.6) is 0 Å². The van der Waals surface area contributed by atoms with Gasteiger partial charge in [0.05, 0.1) is 5.52 Å². The molecule has 0 saturated heterocycles. The van der Waals surface area contributed by atoms with Gasteiger partial charge in [-0.15, -0.1) is 0 Å². The molecule has 0 bridgehead atoms. The van der Waals surface area contributed by atoms with Gasteiger partial charge in [-0.1, -0.05) is 54.6 Å². The lowest BCUT2D eigenvalue weighted by Crippen LogP contribution is -1.88. The highest BCUT2D eigenvalue weighted by molar-refractivity contribution is 6.12. The van der Waals surface area contributed by atoms with Gasteiger partial charge >= 0.3 is 0 Å². The van der Waals surface area contributed by atoms with Crippen molar-refractivity contribution in [2.75, 3.05) is 0 Å². The number of H-pyrrole nitrogens is 1. The number of aryl methyl sites for hydroxylation is 2. The van der Waals surface area contributed by atoms with Crippen molar-refractivity contribution in [3.8, 4) is 11.1 Å². The molecule has 0 aliphatic carbocycles. The molecule has 4 aromatic rings. The van der Waals surface area contributed by atoms with Crippen LogP contribution in [0.25, 0.3) is 32.9 Å². The molecule has 102 valence electrons. The van der Waals surface area contributed by atoms with E-state index in [9.17, 15) is 0 Å². The van der Waals surface area contributed by atoms with Gasteiger partial charge in [0.15, 0.2) is 0 Å². The number of benzene rings is 3. The molecule has 3 aromatic carbocycles. The Morgan fingerprint density at radius 1 is 0.667 bits per heavy atom. The summed E-state index contributed by atoms with van der Waals surface area (Å²) in [5, 5.41) is 2.59. The second-order valence-corrected chi connectivity index (χ2v) is 5.67. The lowest BCUT2D eigenvalue weighted by molar-refractivity contribution is 1.41. The Hall–Kier alpha value is -2.54. The van der Waals surface area contributed by atoms with Gasteiger partial charge in [0.2, 0.25) is 0 Å². The number of hydrogen-bond acceptors (Lipinski definition) is 0. The summed E-state index contributed by atoms with van der Waals surface area (Å²) in [5.41, 5.74) is 7.70. The van der Waals surface area contributed by atoms with Crippen molar-refractivity contribution in [1.82, 2.24) is 4.98 Å². The van der Waals surface area contributed by atoms with Gasteiger partial charge in [0.25, 0.3) is 0 Å². The van der Waals surface area contributed by atoms with Crippen LogP contribution < -0.4 is 0 Å². The van der Waals surface area contributed by atoms with Gasteiger partial charge in [-0.25, -0.2) is 0 Å². The molecule has 0 unspecified atom stereocenters. The standard InChI is InChI=1S/C20H17N/c1-13-7-3-4-8-15(13)19-14(2)11-12-17-16-9-5-6-10-18(16)21-20(17)19/h3-12,21H,1-2H3. The van der Waals surface area contributed by atoms with E-state index in [0.717, 1.165) is 0 Å². The van der Waals surface area contributed by atoms with Crippen LogP contribution in [-0.4, -0.2) is 4.98 Å². The number of aromatic nitrogens is 1. The topological polar surface area (TPSA) is 15.8 Å². The number of rotatable bonds is 1. The van der Waals surface area contributed by atoms with Crippen LogP contribution >= 0.6 is 0 Å². The van der Waals surface area contributed by atoms with Crippen molar-refractivity contribution in [2.24, 2.45) is 0 Å². The van der Waals surface area contributed by atoms with Gasteiger partial charge < -0.3 is 4.98 Å². The molecule has 0 aliphatic rings. The summed E-state index contributed by atoms with van der Waals surface area (Å²) in [6.07, 6.45) is 0. The summed E-state index contributed by atoms with van der Waals surface area (Å²) in [5.74, 6) is 0. The molecular formula is C20H17N. The molecular weight excluding hydrogens is 254 g/mol. The van der Waals surface area contributed by atoms with E-state index in [1.165, 1.54) is 44.1 Å². The van der Waals surface area contributed by atoms with E-state index in [0.29, 0.717) is 0 Å². The summed E-state index contributed by atoms with van der Waals surface area (Å²) < 4.78 is 0. The molecule has 1 aromatic heterocycles. The van der Waals surface area contributed by atoms with Gasteiger partial charge in [-0.3, -0.25) is 0 Å². The Balaban J connectivity index is 2.18. The molecule has 1 nitrogen and oxygen atoms in total. The van der Waals surface area contributed by atoms with Crippen LogP contribution in [0, 0.1) is 13.8 Å². The van der Waals surface area contributed by atoms with E-state index < -0.39 is 0 Å². The van der Waals surface area contributed by atoms with Gasteiger partial charge in [-0.05, 0) is 36.6 Å². The third-order valence-corrected chi connectivity index (χ3v) is 4.30. The maximum atomic E-state index is 3.61. The van der Waals surface area contributed by atoms with Crippen molar-refractivity contribution in [3.05, 3.63) is 71.8 Å². The molecule has 0 atom stereocenters. The number of aromatic amines is 1. The van der Waals surface area contributed by atoms with Gasteiger partial charge in [0, 0.05) is 21.9 Å². The Bertz CT molecular complexity index is 960. The quantitative estimate of drug-likeness (QED) is 0.463. The molecule has 0 radical (unpaired) electrons. The lowest BCUT2D eigenvalue weighted by Gasteiger charge is -2.11. The Labute approximate surface area is 124 Å². The van der Waals surface area contributed by atoms with E-state index in [1.54, 1.807) is 0 Å². The highest BCUT2D eigenvalue weighted by Gasteiger charge is 2.13. The molecule has 1 N–H and O–H groups in total. The first-order valence-electron chi connectivity index (χ1n) is 7.32. The van der Waals surface area contributed by atoms with E-state index in [4.69, 9.17) is 0 Å². The number of nitrogens with one attached hydrogen (secondary N) is 1. The molecule has 0 fully saturated rings. The molecule has 0 amide bonds. The third-order valence-electron chi connectivity index (χ3n) is 4.30. The minimum Gasteiger partial charge on any atom is -0.354 e. The second kappa shape index (κ2) is 4.49.